The summed E-state index contributed by atoms with van der Waals surface area (Å²) in [5.41, 5.74) is 2.70. The van der Waals surface area contributed by atoms with Crippen LogP contribution in [0.3, 0.4) is 0 Å². The van der Waals surface area contributed by atoms with Crippen molar-refractivity contribution in [1.29, 1.82) is 0 Å². The van der Waals surface area contributed by atoms with E-state index in [-0.39, 0.29) is 5.78 Å². The Morgan fingerprint density at radius 2 is 2.10 bits per heavy atom. The molecule has 3 rings (SSSR count). The second-order valence-electron chi connectivity index (χ2n) is 5.81. The number of halogens is 1. The van der Waals surface area contributed by atoms with Gasteiger partial charge in [0.2, 0.25) is 0 Å². The van der Waals surface area contributed by atoms with Gasteiger partial charge in [-0.3, -0.25) is 9.48 Å². The molecule has 1 saturated carbocycles. The first kappa shape index (κ1) is 14.5. The third-order valence-electron chi connectivity index (χ3n) is 4.13. The first-order valence-electron chi connectivity index (χ1n) is 7.47. The van der Waals surface area contributed by atoms with E-state index in [4.69, 9.17) is 0 Å². The molecule has 0 spiro atoms. The number of hydrogen-bond acceptors (Lipinski definition) is 2. The molecule has 1 aromatic heterocycles. The van der Waals surface area contributed by atoms with Gasteiger partial charge >= 0.3 is 0 Å². The summed E-state index contributed by atoms with van der Waals surface area (Å²) in [5.74, 6) is 0.113. The average molecular weight is 347 g/mol. The van der Waals surface area contributed by atoms with Crippen LogP contribution in [-0.2, 0) is 6.42 Å². The van der Waals surface area contributed by atoms with Crippen LogP contribution < -0.4 is 0 Å². The molecular formula is C17H19BrN2O. The van der Waals surface area contributed by atoms with Crippen LogP contribution in [-0.4, -0.2) is 15.6 Å². The molecule has 0 amide bonds. The number of benzene rings is 1. The zero-order chi connectivity index (χ0) is 14.8. The first-order chi connectivity index (χ1) is 10.1. The fourth-order valence-corrected chi connectivity index (χ4v) is 3.42. The highest BCUT2D eigenvalue weighted by atomic mass is 79.9. The number of ketones is 1. The minimum absolute atomic E-state index is 0.113. The van der Waals surface area contributed by atoms with E-state index < -0.39 is 0 Å². The highest BCUT2D eigenvalue weighted by Crippen LogP contribution is 2.29. The van der Waals surface area contributed by atoms with Crippen molar-refractivity contribution in [2.75, 3.05) is 0 Å². The van der Waals surface area contributed by atoms with Crippen LogP contribution in [0.5, 0.6) is 0 Å². The van der Waals surface area contributed by atoms with Crippen molar-refractivity contribution in [3.63, 3.8) is 0 Å². The van der Waals surface area contributed by atoms with Gasteiger partial charge in [0.15, 0.2) is 5.78 Å². The molecule has 1 heterocycles. The Kier molecular flexibility index (Phi) is 4.24. The van der Waals surface area contributed by atoms with E-state index in [1.165, 1.54) is 25.7 Å². The standard InChI is InChI=1S/C17H19BrN2O/c1-12-6-7-16(18)15(10-12)17(21)11-13-8-9-20(19-13)14-4-2-3-5-14/h6-10,14H,2-5,11H2,1H3. The summed E-state index contributed by atoms with van der Waals surface area (Å²) < 4.78 is 2.90. The number of aromatic nitrogens is 2. The number of nitrogens with zero attached hydrogens (tertiary/aromatic N) is 2. The molecule has 0 radical (unpaired) electrons. The second kappa shape index (κ2) is 6.14. The molecule has 0 saturated heterocycles. The van der Waals surface area contributed by atoms with E-state index in [9.17, 15) is 4.79 Å². The molecule has 0 aliphatic heterocycles. The summed E-state index contributed by atoms with van der Waals surface area (Å²) in [5, 5.41) is 4.59. The SMILES string of the molecule is Cc1ccc(Br)c(C(=O)Cc2ccn(C3CCCC3)n2)c1. The van der Waals surface area contributed by atoms with E-state index in [2.05, 4.69) is 21.0 Å². The molecule has 0 unspecified atom stereocenters. The molecule has 0 atom stereocenters. The van der Waals surface area contributed by atoms with Crippen LogP contribution in [0.2, 0.25) is 0 Å². The molecule has 1 aliphatic carbocycles. The number of rotatable bonds is 4. The largest absolute Gasteiger partial charge is 0.294 e. The van der Waals surface area contributed by atoms with Gasteiger partial charge in [0.1, 0.15) is 0 Å². The van der Waals surface area contributed by atoms with Crippen LogP contribution in [0.15, 0.2) is 34.9 Å². The van der Waals surface area contributed by atoms with E-state index in [1.54, 1.807) is 0 Å². The Bertz CT molecular complexity index is 657. The second-order valence-corrected chi connectivity index (χ2v) is 6.66. The highest BCUT2D eigenvalue weighted by molar-refractivity contribution is 9.10. The number of aryl methyl sites for hydroxylation is 1. The molecular weight excluding hydrogens is 328 g/mol. The van der Waals surface area contributed by atoms with Crippen LogP contribution >= 0.6 is 15.9 Å². The van der Waals surface area contributed by atoms with Crippen LogP contribution in [0.4, 0.5) is 0 Å². The lowest BCUT2D eigenvalue weighted by molar-refractivity contribution is 0.0991. The number of Topliss-reactive ketones (excluding diaryl/α,β-unsaturated/α-hetero) is 1. The van der Waals surface area contributed by atoms with Crippen LogP contribution in [0, 0.1) is 6.92 Å². The minimum atomic E-state index is 0.113. The monoisotopic (exact) mass is 346 g/mol. The first-order valence-corrected chi connectivity index (χ1v) is 8.26. The zero-order valence-electron chi connectivity index (χ0n) is 12.2. The predicted molar refractivity (Wildman–Crippen MR) is 86.6 cm³/mol. The molecule has 0 bridgehead atoms. The van der Waals surface area contributed by atoms with Gasteiger partial charge < -0.3 is 0 Å². The molecule has 4 heteroatoms. The van der Waals surface area contributed by atoms with Crippen LogP contribution in [0.25, 0.3) is 0 Å². The molecule has 21 heavy (non-hydrogen) atoms. The molecule has 1 aliphatic rings. The van der Waals surface area contributed by atoms with E-state index >= 15 is 0 Å². The highest BCUT2D eigenvalue weighted by Gasteiger charge is 2.18. The molecule has 1 aromatic carbocycles. The quantitative estimate of drug-likeness (QED) is 0.764. The Morgan fingerprint density at radius 1 is 1.33 bits per heavy atom. The molecule has 1 fully saturated rings. The third kappa shape index (κ3) is 3.26. The van der Waals surface area contributed by atoms with Crippen molar-refractivity contribution in [3.05, 3.63) is 51.8 Å². The summed E-state index contributed by atoms with van der Waals surface area (Å²) >= 11 is 3.46. The van der Waals surface area contributed by atoms with Crippen molar-refractivity contribution in [3.8, 4) is 0 Å². The van der Waals surface area contributed by atoms with Gasteiger partial charge in [-0.25, -0.2) is 0 Å². The zero-order valence-corrected chi connectivity index (χ0v) is 13.8. The molecule has 110 valence electrons. The lowest BCUT2D eigenvalue weighted by Gasteiger charge is -2.09. The van der Waals surface area contributed by atoms with E-state index in [0.29, 0.717) is 12.5 Å². The summed E-state index contributed by atoms with van der Waals surface area (Å²) in [6.07, 6.45) is 7.37. The van der Waals surface area contributed by atoms with Crippen molar-refractivity contribution in [2.45, 2.75) is 45.1 Å². The van der Waals surface area contributed by atoms with Gasteiger partial charge in [-0.1, -0.05) is 40.4 Å². The van der Waals surface area contributed by atoms with Gasteiger partial charge in [-0.2, -0.15) is 5.10 Å². The Hall–Kier alpha value is -1.42. The van der Waals surface area contributed by atoms with Gasteiger partial charge in [-0.15, -0.1) is 0 Å². The fourth-order valence-electron chi connectivity index (χ4n) is 2.96. The lowest BCUT2D eigenvalue weighted by atomic mass is 10.0. The fraction of sp³-hybridized carbons (Fsp3) is 0.412. The normalized spacial score (nSPS) is 15.5. The van der Waals surface area contributed by atoms with E-state index in [0.717, 1.165) is 21.3 Å². The number of carbonyl (C=O) groups excluding carboxylic acids is 1. The third-order valence-corrected chi connectivity index (χ3v) is 4.82. The smallest absolute Gasteiger partial charge is 0.170 e. The summed E-state index contributed by atoms with van der Waals surface area (Å²) in [4.78, 5) is 12.4. The summed E-state index contributed by atoms with van der Waals surface area (Å²) in [6.45, 7) is 2.00. The van der Waals surface area contributed by atoms with Gasteiger partial charge in [-0.05, 0) is 38.0 Å². The summed E-state index contributed by atoms with van der Waals surface area (Å²) in [7, 11) is 0. The van der Waals surface area contributed by atoms with Gasteiger partial charge in [0.25, 0.3) is 0 Å². The topological polar surface area (TPSA) is 34.9 Å². The minimum Gasteiger partial charge on any atom is -0.294 e. The lowest BCUT2D eigenvalue weighted by Crippen LogP contribution is -2.08. The van der Waals surface area contributed by atoms with Crippen LogP contribution in [0.1, 0.15) is 53.3 Å². The Balaban J connectivity index is 1.74. The molecule has 2 aromatic rings. The maximum absolute atomic E-state index is 12.4. The molecule has 3 nitrogen and oxygen atoms in total. The predicted octanol–water partition coefficient (Wildman–Crippen LogP) is 4.49. The summed E-state index contributed by atoms with van der Waals surface area (Å²) in [6, 6.07) is 8.36. The number of carbonyl (C=O) groups is 1. The maximum Gasteiger partial charge on any atom is 0.170 e. The van der Waals surface area contributed by atoms with Gasteiger partial charge in [0, 0.05) is 16.2 Å². The number of hydrogen-bond donors (Lipinski definition) is 0. The molecule has 0 N–H and O–H groups in total. The Labute approximate surface area is 133 Å². The van der Waals surface area contributed by atoms with Gasteiger partial charge in [0.05, 0.1) is 18.2 Å². The van der Waals surface area contributed by atoms with Crippen molar-refractivity contribution in [1.82, 2.24) is 9.78 Å². The average Bonchev–Trinajstić information content (AvgIpc) is 3.11. The van der Waals surface area contributed by atoms with Crippen molar-refractivity contribution < 1.29 is 4.79 Å². The maximum atomic E-state index is 12.4. The van der Waals surface area contributed by atoms with Crippen molar-refractivity contribution >= 4 is 21.7 Å². The van der Waals surface area contributed by atoms with E-state index in [1.807, 2.05) is 42.1 Å². The van der Waals surface area contributed by atoms with Crippen molar-refractivity contribution in [2.24, 2.45) is 0 Å². The Morgan fingerprint density at radius 3 is 2.86 bits per heavy atom.